The molecule has 0 aliphatic carbocycles. The van der Waals surface area contributed by atoms with Gasteiger partial charge in [0.15, 0.2) is 0 Å². The van der Waals surface area contributed by atoms with Crippen LogP contribution in [-0.2, 0) is 23.5 Å². The second-order valence-electron chi connectivity index (χ2n) is 4.96. The van der Waals surface area contributed by atoms with Crippen LogP contribution in [0.1, 0.15) is 29.4 Å². The monoisotopic (exact) mass is 321 g/mol. The van der Waals surface area contributed by atoms with Gasteiger partial charge in [-0.3, -0.25) is 10.2 Å². The molecule has 2 aromatic rings. The summed E-state index contributed by atoms with van der Waals surface area (Å²) < 4.78 is 25.9. The van der Waals surface area contributed by atoms with Gasteiger partial charge in [-0.2, -0.15) is 0 Å². The minimum absolute atomic E-state index is 0.111. The van der Waals surface area contributed by atoms with Gasteiger partial charge in [-0.15, -0.1) is 4.83 Å². The molecule has 6 nitrogen and oxygen atoms in total. The van der Waals surface area contributed by atoms with E-state index in [1.165, 1.54) is 12.1 Å². The Kier molecular flexibility index (Phi) is 4.99. The first kappa shape index (κ1) is 16.3. The molecule has 0 fully saturated rings. The van der Waals surface area contributed by atoms with E-state index in [0.717, 1.165) is 18.4 Å². The smallest absolute Gasteiger partial charge is 0.282 e. The lowest BCUT2D eigenvalue weighted by atomic mass is 10.1. The van der Waals surface area contributed by atoms with Crippen molar-refractivity contribution in [1.82, 2.24) is 14.8 Å². The van der Waals surface area contributed by atoms with Crippen LogP contribution >= 0.6 is 0 Å². The summed E-state index contributed by atoms with van der Waals surface area (Å²) in [6, 6.07) is 9.91. The quantitative estimate of drug-likeness (QED) is 0.793. The summed E-state index contributed by atoms with van der Waals surface area (Å²) in [7, 11) is -2.08. The van der Waals surface area contributed by atoms with Gasteiger partial charge in [0.25, 0.3) is 15.9 Å². The number of hydrogen-bond acceptors (Lipinski definition) is 3. The SMILES string of the molecule is CCCc1ccc(S(=O)(=O)NNC(=O)c2cccn2C)cc1. The fraction of sp³-hybridized carbons (Fsp3) is 0.267. The number of aryl methyl sites for hydroxylation is 2. The number of hydrazine groups is 1. The molecule has 0 aliphatic rings. The summed E-state index contributed by atoms with van der Waals surface area (Å²) in [6.45, 7) is 2.06. The number of sulfonamides is 1. The Morgan fingerprint density at radius 2 is 1.86 bits per heavy atom. The van der Waals surface area contributed by atoms with Crippen molar-refractivity contribution in [3.63, 3.8) is 0 Å². The number of amides is 1. The van der Waals surface area contributed by atoms with Gasteiger partial charge in [-0.05, 0) is 36.2 Å². The molecule has 0 unspecified atom stereocenters. The zero-order valence-corrected chi connectivity index (χ0v) is 13.4. The van der Waals surface area contributed by atoms with E-state index in [1.807, 2.05) is 0 Å². The molecule has 1 aromatic heterocycles. The average molecular weight is 321 g/mol. The van der Waals surface area contributed by atoms with Crippen LogP contribution in [-0.4, -0.2) is 18.9 Å². The Hall–Kier alpha value is -2.12. The molecule has 1 heterocycles. The molecule has 0 bridgehead atoms. The number of rotatable bonds is 6. The Morgan fingerprint density at radius 1 is 1.18 bits per heavy atom. The van der Waals surface area contributed by atoms with Crippen molar-refractivity contribution in [2.45, 2.75) is 24.7 Å². The molecular formula is C15H19N3O3S. The lowest BCUT2D eigenvalue weighted by Crippen LogP contribution is -2.42. The first-order valence-corrected chi connectivity index (χ1v) is 8.45. The van der Waals surface area contributed by atoms with E-state index in [0.29, 0.717) is 5.69 Å². The topological polar surface area (TPSA) is 80.2 Å². The predicted molar refractivity (Wildman–Crippen MR) is 83.6 cm³/mol. The Bertz CT molecular complexity index is 749. The molecule has 0 saturated carbocycles. The molecule has 118 valence electrons. The third kappa shape index (κ3) is 3.75. The average Bonchev–Trinajstić information content (AvgIpc) is 2.92. The largest absolute Gasteiger partial charge is 0.347 e. The standard InChI is InChI=1S/C15H19N3O3S/c1-3-5-12-7-9-13(10-8-12)22(20,21)17-16-15(19)14-6-4-11-18(14)2/h4,6-11,17H,3,5H2,1-2H3,(H,16,19). The van der Waals surface area contributed by atoms with Gasteiger partial charge in [0, 0.05) is 13.2 Å². The number of carbonyl (C=O) groups is 1. The van der Waals surface area contributed by atoms with Gasteiger partial charge < -0.3 is 4.57 Å². The summed E-state index contributed by atoms with van der Waals surface area (Å²) in [6.07, 6.45) is 3.60. The minimum atomic E-state index is -3.78. The first-order chi connectivity index (χ1) is 10.4. The van der Waals surface area contributed by atoms with E-state index < -0.39 is 15.9 Å². The summed E-state index contributed by atoms with van der Waals surface area (Å²) in [5, 5.41) is 0. The molecule has 1 amide bonds. The number of aromatic nitrogens is 1. The number of carbonyl (C=O) groups excluding carboxylic acids is 1. The summed E-state index contributed by atoms with van der Waals surface area (Å²) in [4.78, 5) is 14.1. The molecule has 0 aliphatic heterocycles. The predicted octanol–water partition coefficient (Wildman–Crippen LogP) is 1.60. The third-order valence-corrected chi connectivity index (χ3v) is 4.51. The Balaban J connectivity index is 2.05. The van der Waals surface area contributed by atoms with Gasteiger partial charge >= 0.3 is 0 Å². The molecule has 0 atom stereocenters. The molecule has 7 heteroatoms. The van der Waals surface area contributed by atoms with Crippen molar-refractivity contribution in [2.75, 3.05) is 0 Å². The third-order valence-electron chi connectivity index (χ3n) is 3.25. The van der Waals surface area contributed by atoms with E-state index in [4.69, 9.17) is 0 Å². The Morgan fingerprint density at radius 3 is 2.41 bits per heavy atom. The summed E-state index contributed by atoms with van der Waals surface area (Å²) >= 11 is 0. The van der Waals surface area contributed by atoms with Crippen LogP contribution in [0.4, 0.5) is 0 Å². The van der Waals surface area contributed by atoms with E-state index >= 15 is 0 Å². The van der Waals surface area contributed by atoms with Crippen LogP contribution in [0.2, 0.25) is 0 Å². The molecule has 2 N–H and O–H groups in total. The molecular weight excluding hydrogens is 302 g/mol. The van der Waals surface area contributed by atoms with Gasteiger partial charge in [-0.25, -0.2) is 8.42 Å². The highest BCUT2D eigenvalue weighted by Crippen LogP contribution is 2.11. The van der Waals surface area contributed by atoms with E-state index in [2.05, 4.69) is 17.2 Å². The first-order valence-electron chi connectivity index (χ1n) is 6.96. The fourth-order valence-electron chi connectivity index (χ4n) is 2.06. The number of benzene rings is 1. The van der Waals surface area contributed by atoms with Crippen LogP contribution in [0.3, 0.4) is 0 Å². The van der Waals surface area contributed by atoms with Crippen LogP contribution in [0.15, 0.2) is 47.5 Å². The van der Waals surface area contributed by atoms with Gasteiger partial charge in [0.2, 0.25) is 0 Å². The second kappa shape index (κ2) is 6.76. The summed E-state index contributed by atoms with van der Waals surface area (Å²) in [5.74, 6) is -0.515. The van der Waals surface area contributed by atoms with Crippen LogP contribution < -0.4 is 10.3 Å². The molecule has 1 aromatic carbocycles. The lowest BCUT2D eigenvalue weighted by Gasteiger charge is -2.09. The van der Waals surface area contributed by atoms with Gasteiger partial charge in [0.1, 0.15) is 5.69 Å². The molecule has 0 radical (unpaired) electrons. The van der Waals surface area contributed by atoms with Crippen LogP contribution in [0.5, 0.6) is 0 Å². The van der Waals surface area contributed by atoms with Crippen molar-refractivity contribution in [1.29, 1.82) is 0 Å². The molecule has 22 heavy (non-hydrogen) atoms. The van der Waals surface area contributed by atoms with E-state index in [1.54, 1.807) is 42.1 Å². The number of nitrogens with zero attached hydrogens (tertiary/aromatic N) is 1. The normalized spacial score (nSPS) is 11.4. The van der Waals surface area contributed by atoms with Crippen molar-refractivity contribution in [3.05, 3.63) is 53.9 Å². The summed E-state index contributed by atoms with van der Waals surface area (Å²) in [5.41, 5.74) is 3.65. The lowest BCUT2D eigenvalue weighted by molar-refractivity contribution is 0.0937. The highest BCUT2D eigenvalue weighted by molar-refractivity contribution is 7.89. The molecule has 0 spiro atoms. The zero-order chi connectivity index (χ0) is 16.2. The van der Waals surface area contributed by atoms with Crippen molar-refractivity contribution >= 4 is 15.9 Å². The minimum Gasteiger partial charge on any atom is -0.347 e. The highest BCUT2D eigenvalue weighted by Gasteiger charge is 2.16. The molecule has 2 rings (SSSR count). The van der Waals surface area contributed by atoms with Gasteiger partial charge in [0.05, 0.1) is 4.90 Å². The number of nitrogens with one attached hydrogen (secondary N) is 2. The van der Waals surface area contributed by atoms with Gasteiger partial charge in [-0.1, -0.05) is 25.5 Å². The van der Waals surface area contributed by atoms with Crippen molar-refractivity contribution < 1.29 is 13.2 Å². The second-order valence-corrected chi connectivity index (χ2v) is 6.64. The molecule has 0 saturated heterocycles. The van der Waals surface area contributed by atoms with E-state index in [9.17, 15) is 13.2 Å². The number of hydrogen-bond donors (Lipinski definition) is 2. The zero-order valence-electron chi connectivity index (χ0n) is 12.5. The van der Waals surface area contributed by atoms with Crippen LogP contribution in [0, 0.1) is 0 Å². The maximum absolute atomic E-state index is 12.1. The van der Waals surface area contributed by atoms with Crippen molar-refractivity contribution in [3.8, 4) is 0 Å². The van der Waals surface area contributed by atoms with Crippen molar-refractivity contribution in [2.24, 2.45) is 7.05 Å². The van der Waals surface area contributed by atoms with E-state index in [-0.39, 0.29) is 4.90 Å². The maximum atomic E-state index is 12.1. The fourth-order valence-corrected chi connectivity index (χ4v) is 2.90. The highest BCUT2D eigenvalue weighted by atomic mass is 32.2. The van der Waals surface area contributed by atoms with Crippen LogP contribution in [0.25, 0.3) is 0 Å². The Labute approximate surface area is 130 Å². The maximum Gasteiger partial charge on any atom is 0.282 e.